The van der Waals surface area contributed by atoms with Crippen LogP contribution in [-0.4, -0.2) is 21.8 Å². The van der Waals surface area contributed by atoms with Crippen LogP contribution < -0.4 is 4.74 Å². The summed E-state index contributed by atoms with van der Waals surface area (Å²) in [6.07, 6.45) is 1.61. The number of hydrogen-bond acceptors (Lipinski definition) is 4. The topological polar surface area (TPSA) is 47.3 Å². The molecule has 0 unspecified atom stereocenters. The maximum absolute atomic E-state index is 13.3. The van der Waals surface area contributed by atoms with Gasteiger partial charge in [0.25, 0.3) is 0 Å². The Hall–Kier alpha value is -2.38. The lowest BCUT2D eigenvalue weighted by atomic mass is 10.2. The zero-order chi connectivity index (χ0) is 18.5. The van der Waals surface area contributed by atoms with Crippen LogP contribution in [0.1, 0.15) is 16.8 Å². The van der Waals surface area contributed by atoms with E-state index in [2.05, 4.69) is 4.98 Å². The second-order valence-electron chi connectivity index (χ2n) is 5.69. The standard InChI is InChI=1S/C19H18F2N2O2S/c1-25-18-4-2-13(3-5-18)10-23-17(11-24)9-22-19(23)26-12-14-6-15(20)8-16(21)7-14/h2-9,24H,10-12H2,1H3. The van der Waals surface area contributed by atoms with Gasteiger partial charge in [-0.05, 0) is 35.4 Å². The highest BCUT2D eigenvalue weighted by Gasteiger charge is 2.12. The van der Waals surface area contributed by atoms with E-state index in [0.29, 0.717) is 28.7 Å². The van der Waals surface area contributed by atoms with Crippen LogP contribution in [0.2, 0.25) is 0 Å². The second kappa shape index (κ2) is 8.33. The molecule has 2 aromatic carbocycles. The Labute approximate surface area is 154 Å². The minimum atomic E-state index is -0.599. The van der Waals surface area contributed by atoms with Gasteiger partial charge in [0, 0.05) is 18.4 Å². The summed E-state index contributed by atoms with van der Waals surface area (Å²) in [5.74, 6) is -0.0555. The number of aromatic nitrogens is 2. The van der Waals surface area contributed by atoms with Crippen LogP contribution >= 0.6 is 11.8 Å². The summed E-state index contributed by atoms with van der Waals surface area (Å²) in [5, 5.41) is 10.2. The van der Waals surface area contributed by atoms with Gasteiger partial charge in [-0.1, -0.05) is 23.9 Å². The lowest BCUT2D eigenvalue weighted by Crippen LogP contribution is -2.06. The fourth-order valence-electron chi connectivity index (χ4n) is 2.56. The first-order valence-electron chi connectivity index (χ1n) is 7.95. The number of rotatable bonds is 7. The first kappa shape index (κ1) is 18.4. The molecule has 1 heterocycles. The van der Waals surface area contributed by atoms with Crippen molar-refractivity contribution in [2.24, 2.45) is 0 Å². The average Bonchev–Trinajstić information content (AvgIpc) is 3.01. The lowest BCUT2D eigenvalue weighted by molar-refractivity contribution is 0.270. The number of imidazole rings is 1. The van der Waals surface area contributed by atoms with Gasteiger partial charge in [0.1, 0.15) is 17.4 Å². The van der Waals surface area contributed by atoms with Crippen molar-refractivity contribution >= 4 is 11.8 Å². The van der Waals surface area contributed by atoms with Gasteiger partial charge in [0.2, 0.25) is 0 Å². The number of thioether (sulfide) groups is 1. The number of halogens is 2. The van der Waals surface area contributed by atoms with Gasteiger partial charge in [0.05, 0.1) is 25.6 Å². The Morgan fingerprint density at radius 2 is 1.77 bits per heavy atom. The van der Waals surface area contributed by atoms with Crippen LogP contribution in [0.4, 0.5) is 8.78 Å². The maximum Gasteiger partial charge on any atom is 0.168 e. The predicted molar refractivity (Wildman–Crippen MR) is 96.2 cm³/mol. The van der Waals surface area contributed by atoms with Crippen LogP contribution in [0.25, 0.3) is 0 Å². The summed E-state index contributed by atoms with van der Waals surface area (Å²) in [6, 6.07) is 11.1. The molecule has 0 saturated carbocycles. The van der Waals surface area contributed by atoms with Crippen LogP contribution in [0.5, 0.6) is 5.75 Å². The summed E-state index contributed by atoms with van der Waals surface area (Å²) in [4.78, 5) is 4.33. The number of aliphatic hydroxyl groups excluding tert-OH is 1. The van der Waals surface area contributed by atoms with Crippen LogP contribution in [-0.2, 0) is 18.9 Å². The van der Waals surface area contributed by atoms with Crippen molar-refractivity contribution in [2.75, 3.05) is 7.11 Å². The third kappa shape index (κ3) is 4.42. The van der Waals surface area contributed by atoms with Crippen molar-refractivity contribution in [1.29, 1.82) is 0 Å². The smallest absolute Gasteiger partial charge is 0.168 e. The van der Waals surface area contributed by atoms with E-state index < -0.39 is 11.6 Å². The molecule has 0 spiro atoms. The minimum absolute atomic E-state index is 0.141. The van der Waals surface area contributed by atoms with E-state index in [1.165, 1.54) is 23.9 Å². The first-order chi connectivity index (χ1) is 12.6. The van der Waals surface area contributed by atoms with Gasteiger partial charge in [-0.2, -0.15) is 0 Å². The fourth-order valence-corrected chi connectivity index (χ4v) is 3.49. The molecular weight excluding hydrogens is 358 g/mol. The van der Waals surface area contributed by atoms with E-state index in [1.807, 2.05) is 28.8 Å². The van der Waals surface area contributed by atoms with Crippen molar-refractivity contribution in [3.63, 3.8) is 0 Å². The lowest BCUT2D eigenvalue weighted by Gasteiger charge is -2.11. The predicted octanol–water partition coefficient (Wildman–Crippen LogP) is 4.00. The van der Waals surface area contributed by atoms with Gasteiger partial charge in [-0.3, -0.25) is 0 Å². The normalized spacial score (nSPS) is 10.9. The third-order valence-corrected chi connectivity index (χ3v) is 4.92. The molecule has 136 valence electrons. The van der Waals surface area contributed by atoms with E-state index in [-0.39, 0.29) is 6.61 Å². The van der Waals surface area contributed by atoms with Crippen molar-refractivity contribution in [3.8, 4) is 5.75 Å². The van der Waals surface area contributed by atoms with Crippen molar-refractivity contribution in [3.05, 3.63) is 77.1 Å². The van der Waals surface area contributed by atoms with E-state index in [9.17, 15) is 13.9 Å². The molecule has 0 aliphatic carbocycles. The molecule has 3 aromatic rings. The van der Waals surface area contributed by atoms with Crippen molar-refractivity contribution in [2.45, 2.75) is 24.1 Å². The fraction of sp³-hybridized carbons (Fsp3) is 0.211. The number of hydrogen-bond donors (Lipinski definition) is 1. The highest BCUT2D eigenvalue weighted by Crippen LogP contribution is 2.25. The Balaban J connectivity index is 1.78. The van der Waals surface area contributed by atoms with Crippen LogP contribution in [0.3, 0.4) is 0 Å². The Kier molecular flexibility index (Phi) is 5.90. The average molecular weight is 376 g/mol. The number of ether oxygens (including phenoxy) is 1. The summed E-state index contributed by atoms with van der Waals surface area (Å²) in [6.45, 7) is 0.387. The molecule has 26 heavy (non-hydrogen) atoms. The molecule has 0 atom stereocenters. The largest absolute Gasteiger partial charge is 0.497 e. The molecule has 0 bridgehead atoms. The molecule has 0 saturated heterocycles. The van der Waals surface area contributed by atoms with Gasteiger partial charge in [0.15, 0.2) is 5.16 Å². The zero-order valence-corrected chi connectivity index (χ0v) is 15.0. The van der Waals surface area contributed by atoms with Gasteiger partial charge >= 0.3 is 0 Å². The summed E-state index contributed by atoms with van der Waals surface area (Å²) < 4.78 is 33.7. The highest BCUT2D eigenvalue weighted by molar-refractivity contribution is 7.98. The van der Waals surface area contributed by atoms with Crippen molar-refractivity contribution in [1.82, 2.24) is 9.55 Å². The van der Waals surface area contributed by atoms with Crippen molar-refractivity contribution < 1.29 is 18.6 Å². The molecule has 0 aliphatic rings. The van der Waals surface area contributed by atoms with E-state index in [1.54, 1.807) is 13.3 Å². The first-order valence-corrected chi connectivity index (χ1v) is 8.93. The molecular formula is C19H18F2N2O2S. The van der Waals surface area contributed by atoms with Crippen LogP contribution in [0, 0.1) is 11.6 Å². The van der Waals surface area contributed by atoms with E-state index in [4.69, 9.17) is 4.74 Å². The quantitative estimate of drug-likeness (QED) is 0.633. The Bertz CT molecular complexity index is 861. The monoisotopic (exact) mass is 376 g/mol. The molecule has 1 aromatic heterocycles. The molecule has 0 radical (unpaired) electrons. The molecule has 0 aliphatic heterocycles. The van der Waals surface area contributed by atoms with E-state index in [0.717, 1.165) is 17.4 Å². The van der Waals surface area contributed by atoms with Gasteiger partial charge in [-0.25, -0.2) is 13.8 Å². The minimum Gasteiger partial charge on any atom is -0.497 e. The summed E-state index contributed by atoms with van der Waals surface area (Å²) >= 11 is 1.36. The Morgan fingerprint density at radius 1 is 1.08 bits per heavy atom. The van der Waals surface area contributed by atoms with Crippen LogP contribution in [0.15, 0.2) is 53.8 Å². The third-order valence-electron chi connectivity index (χ3n) is 3.85. The number of benzene rings is 2. The molecule has 7 heteroatoms. The summed E-state index contributed by atoms with van der Waals surface area (Å²) in [7, 11) is 1.61. The van der Waals surface area contributed by atoms with Gasteiger partial charge < -0.3 is 14.4 Å². The molecule has 4 nitrogen and oxygen atoms in total. The SMILES string of the molecule is COc1ccc(Cn2c(CO)cnc2SCc2cc(F)cc(F)c2)cc1. The maximum atomic E-state index is 13.3. The molecule has 1 N–H and O–H groups in total. The zero-order valence-electron chi connectivity index (χ0n) is 14.2. The molecule has 3 rings (SSSR count). The van der Waals surface area contributed by atoms with Gasteiger partial charge in [-0.15, -0.1) is 0 Å². The number of nitrogens with zero attached hydrogens (tertiary/aromatic N) is 2. The molecule has 0 fully saturated rings. The highest BCUT2D eigenvalue weighted by atomic mass is 32.2. The number of methoxy groups -OCH3 is 1. The van der Waals surface area contributed by atoms with E-state index >= 15 is 0 Å². The second-order valence-corrected chi connectivity index (χ2v) is 6.63. The number of aliphatic hydroxyl groups is 1. The molecule has 0 amide bonds. The summed E-state index contributed by atoms with van der Waals surface area (Å²) in [5.41, 5.74) is 2.24. The Morgan fingerprint density at radius 3 is 2.38 bits per heavy atom.